The molecule has 0 saturated carbocycles. The number of nitrogens with two attached hydrogens (primary N) is 1. The quantitative estimate of drug-likeness (QED) is 0.540. The third kappa shape index (κ3) is 3.57. The molecule has 2 aromatic heterocycles. The van der Waals surface area contributed by atoms with Crippen LogP contribution < -0.4 is 20.1 Å². The largest absolute Gasteiger partial charge is 0.493 e. The lowest BCUT2D eigenvalue weighted by molar-refractivity contribution is 0.355. The zero-order valence-corrected chi connectivity index (χ0v) is 17.4. The lowest BCUT2D eigenvalue weighted by Gasteiger charge is -2.14. The van der Waals surface area contributed by atoms with E-state index in [1.165, 1.54) is 0 Å². The van der Waals surface area contributed by atoms with Crippen LogP contribution in [-0.2, 0) is 0 Å². The van der Waals surface area contributed by atoms with E-state index < -0.39 is 0 Å². The van der Waals surface area contributed by atoms with E-state index in [1.807, 2.05) is 50.5 Å². The topological polar surface area (TPSA) is 86.4 Å². The molecule has 4 rings (SSSR count). The van der Waals surface area contributed by atoms with Crippen molar-refractivity contribution in [2.24, 2.45) is 0 Å². The number of benzene rings is 2. The van der Waals surface area contributed by atoms with Crippen LogP contribution in [0.1, 0.15) is 0 Å². The minimum absolute atomic E-state index is 0.188. The molecule has 0 saturated heterocycles. The van der Waals surface area contributed by atoms with Crippen molar-refractivity contribution in [2.45, 2.75) is 0 Å². The number of hydrogen-bond acceptors (Lipinski definition) is 7. The molecule has 2 aromatic carbocycles. The highest BCUT2D eigenvalue weighted by atomic mass is 16.5. The van der Waals surface area contributed by atoms with Gasteiger partial charge >= 0.3 is 0 Å². The molecule has 2 N–H and O–H groups in total. The average molecular weight is 401 g/mol. The number of anilines is 2. The summed E-state index contributed by atoms with van der Waals surface area (Å²) in [6.07, 6.45) is 1.70. The average Bonchev–Trinajstić information content (AvgIpc) is 2.77. The molecule has 0 amide bonds. The fourth-order valence-electron chi connectivity index (χ4n) is 3.34. The molecule has 2 heterocycles. The maximum absolute atomic E-state index is 5.83. The van der Waals surface area contributed by atoms with Crippen molar-refractivity contribution in [2.75, 3.05) is 38.9 Å². The van der Waals surface area contributed by atoms with Gasteiger partial charge in [-0.05, 0) is 41.5 Å². The highest BCUT2D eigenvalue weighted by Crippen LogP contribution is 2.36. The van der Waals surface area contributed by atoms with Gasteiger partial charge in [0.1, 0.15) is 0 Å². The second-order valence-corrected chi connectivity index (χ2v) is 7.03. The first kappa shape index (κ1) is 19.4. The van der Waals surface area contributed by atoms with Gasteiger partial charge in [0.25, 0.3) is 0 Å². The molecule has 7 heteroatoms. The fraction of sp³-hybridized carbons (Fsp3) is 0.174. The first-order valence-corrected chi connectivity index (χ1v) is 9.43. The number of aromatic nitrogens is 3. The fourth-order valence-corrected chi connectivity index (χ4v) is 3.34. The monoisotopic (exact) mass is 401 g/mol. The van der Waals surface area contributed by atoms with Crippen molar-refractivity contribution < 1.29 is 9.47 Å². The molecule has 0 bridgehead atoms. The Bertz CT molecular complexity index is 1210. The second-order valence-electron chi connectivity index (χ2n) is 7.03. The minimum atomic E-state index is 0.188. The van der Waals surface area contributed by atoms with Gasteiger partial charge in [-0.15, -0.1) is 0 Å². The summed E-state index contributed by atoms with van der Waals surface area (Å²) >= 11 is 0. The van der Waals surface area contributed by atoms with E-state index in [-0.39, 0.29) is 5.95 Å². The molecular formula is C23H23N5O2. The van der Waals surface area contributed by atoms with Gasteiger partial charge in [-0.25, -0.2) is 9.97 Å². The van der Waals surface area contributed by atoms with Crippen molar-refractivity contribution in [3.63, 3.8) is 0 Å². The summed E-state index contributed by atoms with van der Waals surface area (Å²) in [5, 5.41) is 0.810. The molecule has 0 spiro atoms. The van der Waals surface area contributed by atoms with Gasteiger partial charge in [-0.2, -0.15) is 4.98 Å². The maximum atomic E-state index is 5.83. The summed E-state index contributed by atoms with van der Waals surface area (Å²) in [6.45, 7) is 0. The molecule has 0 aliphatic rings. The number of fused-ring (bicyclic) bond motifs is 1. The second kappa shape index (κ2) is 7.87. The van der Waals surface area contributed by atoms with Crippen LogP contribution in [-0.4, -0.2) is 43.3 Å². The Labute approximate surface area is 175 Å². The Kier molecular flexibility index (Phi) is 5.10. The third-order valence-corrected chi connectivity index (χ3v) is 4.96. The predicted octanol–water partition coefficient (Wildman–Crippen LogP) is 4.02. The number of hydrogen-bond donors (Lipinski definition) is 1. The van der Waals surface area contributed by atoms with Gasteiger partial charge in [0.05, 0.1) is 19.9 Å². The molecular weight excluding hydrogens is 378 g/mol. The first-order chi connectivity index (χ1) is 14.5. The van der Waals surface area contributed by atoms with Crippen molar-refractivity contribution in [1.29, 1.82) is 0 Å². The van der Waals surface area contributed by atoms with E-state index >= 15 is 0 Å². The molecule has 0 fully saturated rings. The molecule has 0 aliphatic carbocycles. The molecule has 4 aromatic rings. The molecule has 152 valence electrons. The Morgan fingerprint density at radius 1 is 0.833 bits per heavy atom. The van der Waals surface area contributed by atoms with Gasteiger partial charge < -0.3 is 20.1 Å². The summed E-state index contributed by atoms with van der Waals surface area (Å²) in [7, 11) is 7.26. The smallest absolute Gasteiger partial charge is 0.222 e. The van der Waals surface area contributed by atoms with Crippen molar-refractivity contribution in [3.8, 4) is 33.9 Å². The Hall–Kier alpha value is -3.87. The summed E-state index contributed by atoms with van der Waals surface area (Å²) in [5.74, 6) is 1.50. The molecule has 0 radical (unpaired) electrons. The van der Waals surface area contributed by atoms with Gasteiger partial charge in [0.15, 0.2) is 17.1 Å². The third-order valence-electron chi connectivity index (χ3n) is 4.96. The standard InChI is InChI=1S/C23H23N5O2/c1-28(2)16-8-5-14(6-9-16)19-12-17(18-13-25-23(24)27-22(18)26-19)15-7-10-20(29-3)21(11-15)30-4/h5-13H,1-4H3,(H2,24,25,26,27). The zero-order valence-electron chi connectivity index (χ0n) is 17.4. The number of pyridine rings is 1. The summed E-state index contributed by atoms with van der Waals surface area (Å²) in [4.78, 5) is 15.3. The summed E-state index contributed by atoms with van der Waals surface area (Å²) < 4.78 is 10.9. The van der Waals surface area contributed by atoms with Crippen molar-refractivity contribution in [3.05, 3.63) is 54.7 Å². The van der Waals surface area contributed by atoms with Crippen LogP contribution in [0.4, 0.5) is 11.6 Å². The number of methoxy groups -OCH3 is 2. The molecule has 30 heavy (non-hydrogen) atoms. The lowest BCUT2D eigenvalue weighted by Crippen LogP contribution is -2.08. The van der Waals surface area contributed by atoms with E-state index in [1.54, 1.807) is 20.4 Å². The van der Waals surface area contributed by atoms with Crippen LogP contribution >= 0.6 is 0 Å². The Morgan fingerprint density at radius 2 is 1.53 bits per heavy atom. The van der Waals surface area contributed by atoms with Crippen LogP contribution in [0.25, 0.3) is 33.4 Å². The summed E-state index contributed by atoms with van der Waals surface area (Å²) in [6, 6.07) is 16.0. The number of rotatable bonds is 5. The minimum Gasteiger partial charge on any atom is -0.493 e. The SMILES string of the molecule is COc1ccc(-c2cc(-c3ccc(N(C)C)cc3)nc3nc(N)ncc23)cc1OC. The molecule has 0 aliphatic heterocycles. The Morgan fingerprint density at radius 3 is 2.20 bits per heavy atom. The van der Waals surface area contributed by atoms with E-state index in [9.17, 15) is 0 Å². The van der Waals surface area contributed by atoms with E-state index in [2.05, 4.69) is 27.0 Å². The van der Waals surface area contributed by atoms with Crippen molar-refractivity contribution in [1.82, 2.24) is 15.0 Å². The highest BCUT2D eigenvalue weighted by molar-refractivity contribution is 5.95. The zero-order chi connectivity index (χ0) is 21.3. The molecule has 0 atom stereocenters. The summed E-state index contributed by atoms with van der Waals surface area (Å²) in [5.41, 5.74) is 11.2. The predicted molar refractivity (Wildman–Crippen MR) is 120 cm³/mol. The number of nitrogens with zero attached hydrogens (tertiary/aromatic N) is 4. The number of ether oxygens (including phenoxy) is 2. The van der Waals surface area contributed by atoms with Gasteiger partial charge in [-0.3, -0.25) is 0 Å². The van der Waals surface area contributed by atoms with Gasteiger partial charge in [0.2, 0.25) is 5.95 Å². The van der Waals surface area contributed by atoms with Crippen LogP contribution in [0, 0.1) is 0 Å². The highest BCUT2D eigenvalue weighted by Gasteiger charge is 2.14. The molecule has 0 unspecified atom stereocenters. The first-order valence-electron chi connectivity index (χ1n) is 9.43. The van der Waals surface area contributed by atoms with E-state index in [4.69, 9.17) is 20.2 Å². The van der Waals surface area contributed by atoms with Crippen LogP contribution in [0.2, 0.25) is 0 Å². The van der Waals surface area contributed by atoms with Gasteiger partial charge in [0, 0.05) is 36.9 Å². The van der Waals surface area contributed by atoms with E-state index in [0.29, 0.717) is 17.1 Å². The van der Waals surface area contributed by atoms with Crippen LogP contribution in [0.5, 0.6) is 11.5 Å². The maximum Gasteiger partial charge on any atom is 0.222 e. The van der Waals surface area contributed by atoms with Crippen LogP contribution in [0.15, 0.2) is 54.7 Å². The van der Waals surface area contributed by atoms with Gasteiger partial charge in [-0.1, -0.05) is 18.2 Å². The van der Waals surface area contributed by atoms with Crippen molar-refractivity contribution >= 4 is 22.7 Å². The molecule has 7 nitrogen and oxygen atoms in total. The number of nitrogen functional groups attached to an aromatic ring is 1. The van der Waals surface area contributed by atoms with Crippen LogP contribution in [0.3, 0.4) is 0 Å². The van der Waals surface area contributed by atoms with E-state index in [0.717, 1.165) is 33.5 Å². The Balaban J connectivity index is 1.92. The lowest BCUT2D eigenvalue weighted by atomic mass is 9.99. The normalized spacial score (nSPS) is 10.8.